The van der Waals surface area contributed by atoms with Gasteiger partial charge in [-0.1, -0.05) is 0 Å². The minimum Gasteiger partial charge on any atom is -0.396 e. The van der Waals surface area contributed by atoms with Gasteiger partial charge in [-0.15, -0.1) is 0 Å². The SMILES string of the molecule is CCN(CC)C(=O)CCNC(C)CCCO. The molecule has 0 aromatic rings. The first-order valence-corrected chi connectivity index (χ1v) is 6.27. The number of rotatable bonds is 9. The van der Waals surface area contributed by atoms with Gasteiger partial charge in [-0.05, 0) is 33.6 Å². The average molecular weight is 230 g/mol. The fraction of sp³-hybridized carbons (Fsp3) is 0.917. The lowest BCUT2D eigenvalue weighted by Crippen LogP contribution is -2.35. The summed E-state index contributed by atoms with van der Waals surface area (Å²) in [5, 5.41) is 12.0. The van der Waals surface area contributed by atoms with Crippen LogP contribution in [0.15, 0.2) is 0 Å². The highest BCUT2D eigenvalue weighted by molar-refractivity contribution is 5.76. The molecule has 0 aliphatic rings. The Morgan fingerprint density at radius 2 is 2.00 bits per heavy atom. The van der Waals surface area contributed by atoms with Crippen LogP contribution >= 0.6 is 0 Å². The normalized spacial score (nSPS) is 12.5. The fourth-order valence-electron chi connectivity index (χ4n) is 1.66. The van der Waals surface area contributed by atoms with Gasteiger partial charge < -0.3 is 15.3 Å². The quantitative estimate of drug-likeness (QED) is 0.621. The molecule has 4 heteroatoms. The minimum absolute atomic E-state index is 0.215. The molecule has 1 atom stereocenters. The predicted molar refractivity (Wildman–Crippen MR) is 66.3 cm³/mol. The molecule has 0 aliphatic carbocycles. The van der Waals surface area contributed by atoms with Crippen molar-refractivity contribution < 1.29 is 9.90 Å². The van der Waals surface area contributed by atoms with Crippen LogP contribution in [0.25, 0.3) is 0 Å². The van der Waals surface area contributed by atoms with E-state index in [9.17, 15) is 4.79 Å². The largest absolute Gasteiger partial charge is 0.396 e. The molecule has 0 spiro atoms. The lowest BCUT2D eigenvalue weighted by molar-refractivity contribution is -0.130. The third-order valence-corrected chi connectivity index (χ3v) is 2.74. The van der Waals surface area contributed by atoms with Crippen LogP contribution in [-0.2, 0) is 4.79 Å². The molecular formula is C12H26N2O2. The van der Waals surface area contributed by atoms with Gasteiger partial charge in [0.1, 0.15) is 0 Å². The fourth-order valence-corrected chi connectivity index (χ4v) is 1.66. The minimum atomic E-state index is 0.215. The van der Waals surface area contributed by atoms with Gasteiger partial charge in [0.25, 0.3) is 0 Å². The van der Waals surface area contributed by atoms with Crippen LogP contribution in [0.4, 0.5) is 0 Å². The van der Waals surface area contributed by atoms with E-state index >= 15 is 0 Å². The standard InChI is InChI=1S/C12H26N2O2/c1-4-14(5-2)12(16)8-9-13-11(3)7-6-10-15/h11,13,15H,4-10H2,1-3H3. The van der Waals surface area contributed by atoms with Crippen molar-refractivity contribution in [3.05, 3.63) is 0 Å². The number of aliphatic hydroxyl groups excluding tert-OH is 1. The van der Waals surface area contributed by atoms with Crippen LogP contribution in [0.3, 0.4) is 0 Å². The van der Waals surface area contributed by atoms with Crippen LogP contribution < -0.4 is 5.32 Å². The van der Waals surface area contributed by atoms with E-state index in [-0.39, 0.29) is 12.5 Å². The maximum Gasteiger partial charge on any atom is 0.223 e. The Morgan fingerprint density at radius 1 is 1.38 bits per heavy atom. The number of nitrogens with zero attached hydrogens (tertiary/aromatic N) is 1. The van der Waals surface area contributed by atoms with Crippen LogP contribution in [0.5, 0.6) is 0 Å². The Hall–Kier alpha value is -0.610. The summed E-state index contributed by atoms with van der Waals surface area (Å²) >= 11 is 0. The Labute approximate surface area is 99.0 Å². The van der Waals surface area contributed by atoms with Gasteiger partial charge >= 0.3 is 0 Å². The van der Waals surface area contributed by atoms with Crippen LogP contribution in [0, 0.1) is 0 Å². The molecule has 1 amide bonds. The van der Waals surface area contributed by atoms with Crippen LogP contribution in [-0.4, -0.2) is 48.2 Å². The van der Waals surface area contributed by atoms with E-state index in [1.165, 1.54) is 0 Å². The maximum absolute atomic E-state index is 11.6. The van der Waals surface area contributed by atoms with Gasteiger partial charge in [-0.25, -0.2) is 0 Å². The molecule has 2 N–H and O–H groups in total. The molecule has 0 saturated carbocycles. The van der Waals surface area contributed by atoms with Gasteiger partial charge in [0.2, 0.25) is 5.91 Å². The molecule has 0 saturated heterocycles. The number of carbonyl (C=O) groups is 1. The topological polar surface area (TPSA) is 52.6 Å². The highest BCUT2D eigenvalue weighted by Crippen LogP contribution is 1.97. The zero-order chi connectivity index (χ0) is 12.4. The molecule has 96 valence electrons. The van der Waals surface area contributed by atoms with Crippen molar-refractivity contribution in [2.75, 3.05) is 26.2 Å². The van der Waals surface area contributed by atoms with E-state index in [0.29, 0.717) is 12.5 Å². The summed E-state index contributed by atoms with van der Waals surface area (Å²) in [7, 11) is 0. The average Bonchev–Trinajstić information content (AvgIpc) is 2.28. The summed E-state index contributed by atoms with van der Waals surface area (Å²) < 4.78 is 0. The van der Waals surface area contributed by atoms with Crippen LogP contribution in [0.1, 0.15) is 40.0 Å². The van der Waals surface area contributed by atoms with Crippen molar-refractivity contribution in [2.24, 2.45) is 0 Å². The smallest absolute Gasteiger partial charge is 0.223 e. The zero-order valence-corrected chi connectivity index (χ0v) is 10.8. The Morgan fingerprint density at radius 3 is 2.50 bits per heavy atom. The van der Waals surface area contributed by atoms with Crippen molar-refractivity contribution in [3.8, 4) is 0 Å². The number of hydrogen-bond donors (Lipinski definition) is 2. The first-order valence-electron chi connectivity index (χ1n) is 6.27. The molecule has 16 heavy (non-hydrogen) atoms. The van der Waals surface area contributed by atoms with Crippen molar-refractivity contribution in [1.29, 1.82) is 0 Å². The van der Waals surface area contributed by atoms with Gasteiger partial charge in [-0.2, -0.15) is 0 Å². The molecule has 0 rings (SSSR count). The number of hydrogen-bond acceptors (Lipinski definition) is 3. The van der Waals surface area contributed by atoms with E-state index in [4.69, 9.17) is 5.11 Å². The van der Waals surface area contributed by atoms with Gasteiger partial charge in [0.05, 0.1) is 0 Å². The van der Waals surface area contributed by atoms with Gasteiger partial charge in [0.15, 0.2) is 0 Å². The highest BCUT2D eigenvalue weighted by atomic mass is 16.2. The molecule has 0 heterocycles. The van der Waals surface area contributed by atoms with Crippen molar-refractivity contribution in [1.82, 2.24) is 10.2 Å². The zero-order valence-electron chi connectivity index (χ0n) is 10.8. The van der Waals surface area contributed by atoms with E-state index < -0.39 is 0 Å². The van der Waals surface area contributed by atoms with Gasteiger partial charge in [-0.3, -0.25) is 4.79 Å². The monoisotopic (exact) mass is 230 g/mol. The Kier molecular flexibility index (Phi) is 9.24. The number of aliphatic hydroxyl groups is 1. The Balaban J connectivity index is 3.60. The van der Waals surface area contributed by atoms with Crippen molar-refractivity contribution >= 4 is 5.91 Å². The lowest BCUT2D eigenvalue weighted by Gasteiger charge is -2.19. The third kappa shape index (κ3) is 6.80. The second kappa shape index (κ2) is 9.60. The summed E-state index contributed by atoms with van der Waals surface area (Å²) in [6.45, 7) is 8.62. The molecule has 0 bridgehead atoms. The molecular weight excluding hydrogens is 204 g/mol. The second-order valence-electron chi connectivity index (χ2n) is 4.04. The summed E-state index contributed by atoms with van der Waals surface area (Å²) in [5.41, 5.74) is 0. The Bertz CT molecular complexity index is 182. The molecule has 0 fully saturated rings. The third-order valence-electron chi connectivity index (χ3n) is 2.74. The molecule has 0 radical (unpaired) electrons. The highest BCUT2D eigenvalue weighted by Gasteiger charge is 2.09. The molecule has 1 unspecified atom stereocenters. The van der Waals surface area contributed by atoms with Gasteiger partial charge in [0, 0.05) is 38.7 Å². The number of carbonyl (C=O) groups excluding carboxylic acids is 1. The second-order valence-corrected chi connectivity index (χ2v) is 4.04. The van der Waals surface area contributed by atoms with Crippen LogP contribution in [0.2, 0.25) is 0 Å². The van der Waals surface area contributed by atoms with Crippen molar-refractivity contribution in [2.45, 2.75) is 46.1 Å². The number of nitrogens with one attached hydrogen (secondary N) is 1. The molecule has 0 aromatic carbocycles. The summed E-state index contributed by atoms with van der Waals surface area (Å²) in [6.07, 6.45) is 2.33. The predicted octanol–water partition coefficient (Wildman–Crippen LogP) is 0.995. The maximum atomic E-state index is 11.6. The van der Waals surface area contributed by atoms with E-state index in [1.54, 1.807) is 0 Å². The molecule has 0 aliphatic heterocycles. The molecule has 0 aromatic heterocycles. The molecule has 4 nitrogen and oxygen atoms in total. The van der Waals surface area contributed by atoms with E-state index in [0.717, 1.165) is 32.5 Å². The summed E-state index contributed by atoms with van der Waals surface area (Å²) in [6, 6.07) is 0.372. The van der Waals surface area contributed by atoms with E-state index in [1.807, 2.05) is 18.7 Å². The van der Waals surface area contributed by atoms with E-state index in [2.05, 4.69) is 12.2 Å². The first-order chi connectivity index (χ1) is 7.65. The van der Waals surface area contributed by atoms with Crippen molar-refractivity contribution in [3.63, 3.8) is 0 Å². The first kappa shape index (κ1) is 15.4. The number of amides is 1. The summed E-state index contributed by atoms with van der Waals surface area (Å²) in [5.74, 6) is 0.215. The summed E-state index contributed by atoms with van der Waals surface area (Å²) in [4.78, 5) is 13.5. The lowest BCUT2D eigenvalue weighted by atomic mass is 10.2.